The summed E-state index contributed by atoms with van der Waals surface area (Å²) < 4.78 is 0. The van der Waals surface area contributed by atoms with Crippen LogP contribution in [-0.4, -0.2) is 55.4 Å². The second-order valence-electron chi connectivity index (χ2n) is 4.20. The van der Waals surface area contributed by atoms with Crippen LogP contribution in [0, 0.1) is 5.92 Å². The molecule has 0 spiro atoms. The maximum atomic E-state index is 10.5. The van der Waals surface area contributed by atoms with Gasteiger partial charge in [0.15, 0.2) is 0 Å². The van der Waals surface area contributed by atoms with Crippen LogP contribution in [0.25, 0.3) is 0 Å². The van der Waals surface area contributed by atoms with Gasteiger partial charge in [-0.25, -0.2) is 0 Å². The molecule has 76 valence electrons. The highest BCUT2D eigenvalue weighted by molar-refractivity contribution is 5.53. The first kappa shape index (κ1) is 10.7. The van der Waals surface area contributed by atoms with E-state index in [1.54, 1.807) is 0 Å². The van der Waals surface area contributed by atoms with Crippen molar-refractivity contribution in [3.05, 3.63) is 0 Å². The highest BCUT2D eigenvalue weighted by atomic mass is 16.1. The molecule has 3 nitrogen and oxygen atoms in total. The summed E-state index contributed by atoms with van der Waals surface area (Å²) >= 11 is 0. The molecule has 0 radical (unpaired) electrons. The summed E-state index contributed by atoms with van der Waals surface area (Å²) in [5.41, 5.74) is 0. The molecule has 0 aromatic carbocycles. The lowest BCUT2D eigenvalue weighted by Gasteiger charge is -2.38. The Kier molecular flexibility index (Phi) is 3.88. The van der Waals surface area contributed by atoms with Crippen molar-refractivity contribution in [2.45, 2.75) is 19.9 Å². The summed E-state index contributed by atoms with van der Waals surface area (Å²) in [6.07, 6.45) is 1.04. The minimum atomic E-state index is 0.176. The molecule has 2 atom stereocenters. The van der Waals surface area contributed by atoms with Crippen molar-refractivity contribution >= 4 is 6.29 Å². The fourth-order valence-corrected chi connectivity index (χ4v) is 1.74. The molecule has 0 amide bonds. The van der Waals surface area contributed by atoms with Gasteiger partial charge in [-0.15, -0.1) is 0 Å². The van der Waals surface area contributed by atoms with Crippen molar-refractivity contribution in [1.29, 1.82) is 0 Å². The monoisotopic (exact) mass is 184 g/mol. The summed E-state index contributed by atoms with van der Waals surface area (Å²) in [6, 6.07) is 0.618. The number of carbonyl (C=O) groups is 1. The van der Waals surface area contributed by atoms with Gasteiger partial charge in [0.1, 0.15) is 6.29 Å². The van der Waals surface area contributed by atoms with Gasteiger partial charge in [-0.05, 0) is 14.0 Å². The second-order valence-corrected chi connectivity index (χ2v) is 4.20. The van der Waals surface area contributed by atoms with E-state index in [-0.39, 0.29) is 5.92 Å². The Morgan fingerprint density at radius 2 is 2.23 bits per heavy atom. The Hall–Kier alpha value is -0.410. The molecule has 1 aliphatic heterocycles. The maximum Gasteiger partial charge on any atom is 0.124 e. The first-order chi connectivity index (χ1) is 6.13. The highest BCUT2D eigenvalue weighted by Gasteiger charge is 2.21. The van der Waals surface area contributed by atoms with E-state index < -0.39 is 0 Å². The van der Waals surface area contributed by atoms with Crippen LogP contribution in [0.4, 0.5) is 0 Å². The van der Waals surface area contributed by atoms with E-state index in [9.17, 15) is 4.79 Å². The van der Waals surface area contributed by atoms with Crippen molar-refractivity contribution in [3.8, 4) is 0 Å². The van der Waals surface area contributed by atoms with Gasteiger partial charge < -0.3 is 9.69 Å². The molecule has 0 aromatic heterocycles. The topological polar surface area (TPSA) is 23.6 Å². The van der Waals surface area contributed by atoms with Gasteiger partial charge in [0.05, 0.1) is 0 Å². The van der Waals surface area contributed by atoms with E-state index in [1.807, 2.05) is 6.92 Å². The lowest BCUT2D eigenvalue weighted by Crippen LogP contribution is -2.51. The Labute approximate surface area is 80.7 Å². The van der Waals surface area contributed by atoms with E-state index >= 15 is 0 Å². The van der Waals surface area contributed by atoms with Crippen LogP contribution >= 0.6 is 0 Å². The number of nitrogens with zero attached hydrogens (tertiary/aromatic N) is 2. The summed E-state index contributed by atoms with van der Waals surface area (Å²) in [7, 11) is 2.16. The second kappa shape index (κ2) is 4.72. The van der Waals surface area contributed by atoms with Gasteiger partial charge in [-0.3, -0.25) is 4.90 Å². The van der Waals surface area contributed by atoms with Gasteiger partial charge in [-0.1, -0.05) is 6.92 Å². The largest absolute Gasteiger partial charge is 0.303 e. The van der Waals surface area contributed by atoms with E-state index in [1.165, 1.54) is 0 Å². The Morgan fingerprint density at radius 3 is 2.77 bits per heavy atom. The number of piperazine rings is 1. The molecular weight excluding hydrogens is 164 g/mol. The normalized spacial score (nSPS) is 28.7. The summed E-state index contributed by atoms with van der Waals surface area (Å²) in [5, 5.41) is 0. The van der Waals surface area contributed by atoms with Crippen molar-refractivity contribution in [1.82, 2.24) is 9.80 Å². The third-order valence-electron chi connectivity index (χ3n) is 2.82. The molecule has 0 aliphatic carbocycles. The van der Waals surface area contributed by atoms with Gasteiger partial charge in [0.2, 0.25) is 0 Å². The Balaban J connectivity index is 2.33. The van der Waals surface area contributed by atoms with Crippen LogP contribution in [0.1, 0.15) is 13.8 Å². The lowest BCUT2D eigenvalue weighted by molar-refractivity contribution is -0.111. The molecule has 3 heteroatoms. The zero-order valence-electron chi connectivity index (χ0n) is 8.86. The van der Waals surface area contributed by atoms with E-state index in [0.717, 1.165) is 32.5 Å². The molecule has 0 aromatic rings. The van der Waals surface area contributed by atoms with Crippen molar-refractivity contribution in [3.63, 3.8) is 0 Å². The summed E-state index contributed by atoms with van der Waals surface area (Å²) in [6.45, 7) is 8.44. The summed E-state index contributed by atoms with van der Waals surface area (Å²) in [5.74, 6) is 0.176. The molecule has 1 saturated heterocycles. The standard InChI is InChI=1S/C10H20N2O/c1-9(8-13)6-12-5-4-11(3)10(2)7-12/h8-10H,4-7H2,1-3H3. The minimum absolute atomic E-state index is 0.176. The molecule has 1 heterocycles. The number of hydrogen-bond acceptors (Lipinski definition) is 3. The minimum Gasteiger partial charge on any atom is -0.303 e. The molecular formula is C10H20N2O. The van der Waals surface area contributed by atoms with Crippen LogP contribution in [0.5, 0.6) is 0 Å². The van der Waals surface area contributed by atoms with Crippen LogP contribution in [0.15, 0.2) is 0 Å². The quantitative estimate of drug-likeness (QED) is 0.595. The van der Waals surface area contributed by atoms with E-state index in [4.69, 9.17) is 0 Å². The van der Waals surface area contributed by atoms with Crippen LogP contribution in [0.2, 0.25) is 0 Å². The molecule has 1 rings (SSSR count). The predicted octanol–water partition coefficient (Wildman–Crippen LogP) is 0.457. The van der Waals surface area contributed by atoms with Gasteiger partial charge in [0.25, 0.3) is 0 Å². The smallest absolute Gasteiger partial charge is 0.124 e. The lowest BCUT2D eigenvalue weighted by atomic mass is 10.1. The summed E-state index contributed by atoms with van der Waals surface area (Å²) in [4.78, 5) is 15.2. The van der Waals surface area contributed by atoms with Gasteiger partial charge >= 0.3 is 0 Å². The molecule has 0 N–H and O–H groups in total. The Morgan fingerprint density at radius 1 is 1.54 bits per heavy atom. The fraction of sp³-hybridized carbons (Fsp3) is 0.900. The Bertz CT molecular complexity index is 172. The highest BCUT2D eigenvalue weighted by Crippen LogP contribution is 2.08. The predicted molar refractivity (Wildman–Crippen MR) is 53.8 cm³/mol. The number of carbonyl (C=O) groups excluding carboxylic acids is 1. The number of aldehydes is 1. The number of likely N-dealkylation sites (N-methyl/N-ethyl adjacent to an activating group) is 1. The molecule has 1 aliphatic rings. The van der Waals surface area contributed by atoms with Crippen molar-refractivity contribution < 1.29 is 4.79 Å². The fourth-order valence-electron chi connectivity index (χ4n) is 1.74. The van der Waals surface area contributed by atoms with Crippen LogP contribution in [0.3, 0.4) is 0 Å². The average Bonchev–Trinajstić information content (AvgIpc) is 2.11. The van der Waals surface area contributed by atoms with Crippen LogP contribution < -0.4 is 0 Å². The first-order valence-electron chi connectivity index (χ1n) is 5.01. The average molecular weight is 184 g/mol. The molecule has 0 bridgehead atoms. The number of hydrogen-bond donors (Lipinski definition) is 0. The van der Waals surface area contributed by atoms with Crippen molar-refractivity contribution in [2.24, 2.45) is 5.92 Å². The molecule has 2 unspecified atom stereocenters. The molecule has 1 fully saturated rings. The van der Waals surface area contributed by atoms with Crippen LogP contribution in [-0.2, 0) is 4.79 Å². The number of rotatable bonds is 3. The van der Waals surface area contributed by atoms with E-state index in [2.05, 4.69) is 23.8 Å². The zero-order valence-corrected chi connectivity index (χ0v) is 8.86. The molecule has 0 saturated carbocycles. The van der Waals surface area contributed by atoms with E-state index in [0.29, 0.717) is 6.04 Å². The van der Waals surface area contributed by atoms with Gasteiger partial charge in [-0.2, -0.15) is 0 Å². The SMILES string of the molecule is CC(C=O)CN1CCN(C)C(C)C1. The van der Waals surface area contributed by atoms with Crippen molar-refractivity contribution in [2.75, 3.05) is 33.2 Å². The van der Waals surface area contributed by atoms with Gasteiger partial charge in [0, 0.05) is 38.1 Å². The molecule has 13 heavy (non-hydrogen) atoms. The zero-order chi connectivity index (χ0) is 9.84. The third kappa shape index (κ3) is 3.08. The maximum absolute atomic E-state index is 10.5. The third-order valence-corrected chi connectivity index (χ3v) is 2.82. The first-order valence-corrected chi connectivity index (χ1v) is 5.01.